The molecule has 3 rings (SSSR count). The topological polar surface area (TPSA) is 82.2 Å². The van der Waals surface area contributed by atoms with Crippen molar-refractivity contribution < 1.29 is 9.53 Å². The number of ether oxygens (including phenoxy) is 1. The molecule has 0 spiro atoms. The van der Waals surface area contributed by atoms with E-state index in [-0.39, 0.29) is 0 Å². The first-order chi connectivity index (χ1) is 11.1. The number of amides is 1. The molecule has 1 amide bonds. The van der Waals surface area contributed by atoms with Crippen LogP contribution in [-0.2, 0) is 7.05 Å². The van der Waals surface area contributed by atoms with Crippen LogP contribution < -0.4 is 15.8 Å². The van der Waals surface area contributed by atoms with E-state index in [0.29, 0.717) is 18.2 Å². The number of primary amides is 1. The van der Waals surface area contributed by atoms with Crippen molar-refractivity contribution in [1.82, 2.24) is 15.1 Å². The number of nitrogens with two attached hydrogens (primary N) is 1. The Morgan fingerprint density at radius 2 is 2.35 bits per heavy atom. The van der Waals surface area contributed by atoms with Crippen LogP contribution in [0, 0.1) is 0 Å². The van der Waals surface area contributed by atoms with Gasteiger partial charge in [0.2, 0.25) is 5.91 Å². The van der Waals surface area contributed by atoms with Crippen molar-refractivity contribution in [3.05, 3.63) is 36.0 Å². The summed E-state index contributed by atoms with van der Waals surface area (Å²) in [6, 6.07) is 7.71. The van der Waals surface area contributed by atoms with Crippen molar-refractivity contribution in [3.8, 4) is 17.0 Å². The summed E-state index contributed by atoms with van der Waals surface area (Å²) in [4.78, 5) is 11.5. The fourth-order valence-electron chi connectivity index (χ4n) is 2.96. The molecule has 1 aliphatic rings. The first-order valence-electron chi connectivity index (χ1n) is 7.93. The third kappa shape index (κ3) is 3.53. The SMILES string of the molecule is Cn1nccc1-c1cc(C(N)=O)ccc1OCCC1CCCN1. The quantitative estimate of drug-likeness (QED) is 0.850. The van der Waals surface area contributed by atoms with Gasteiger partial charge in [-0.05, 0) is 50.1 Å². The number of rotatable bonds is 6. The minimum absolute atomic E-state index is 0.449. The number of aryl methyl sites for hydroxylation is 1. The Bertz CT molecular complexity index is 690. The molecule has 1 atom stereocenters. The Morgan fingerprint density at radius 1 is 1.48 bits per heavy atom. The average Bonchev–Trinajstić information content (AvgIpc) is 3.19. The number of nitrogens with zero attached hydrogens (tertiary/aromatic N) is 2. The zero-order chi connectivity index (χ0) is 16.2. The lowest BCUT2D eigenvalue weighted by Gasteiger charge is -2.15. The van der Waals surface area contributed by atoms with E-state index in [2.05, 4.69) is 10.4 Å². The van der Waals surface area contributed by atoms with Gasteiger partial charge in [0.1, 0.15) is 5.75 Å². The Balaban J connectivity index is 1.80. The molecule has 6 heteroatoms. The molecular weight excluding hydrogens is 292 g/mol. The largest absolute Gasteiger partial charge is 0.493 e. The van der Waals surface area contributed by atoms with Crippen molar-refractivity contribution >= 4 is 5.91 Å². The van der Waals surface area contributed by atoms with Gasteiger partial charge in [-0.3, -0.25) is 9.48 Å². The van der Waals surface area contributed by atoms with Gasteiger partial charge >= 0.3 is 0 Å². The van der Waals surface area contributed by atoms with Crippen LogP contribution in [0.3, 0.4) is 0 Å². The van der Waals surface area contributed by atoms with E-state index in [4.69, 9.17) is 10.5 Å². The Morgan fingerprint density at radius 3 is 3.00 bits per heavy atom. The van der Waals surface area contributed by atoms with Crippen molar-refractivity contribution in [3.63, 3.8) is 0 Å². The summed E-state index contributed by atoms with van der Waals surface area (Å²) in [5.74, 6) is 0.298. The third-order valence-corrected chi connectivity index (χ3v) is 4.25. The first-order valence-corrected chi connectivity index (χ1v) is 7.93. The van der Waals surface area contributed by atoms with E-state index in [1.807, 2.05) is 19.2 Å². The molecule has 3 N–H and O–H groups in total. The Labute approximate surface area is 135 Å². The van der Waals surface area contributed by atoms with E-state index >= 15 is 0 Å². The molecule has 1 aliphatic heterocycles. The maximum absolute atomic E-state index is 11.5. The third-order valence-electron chi connectivity index (χ3n) is 4.25. The zero-order valence-electron chi connectivity index (χ0n) is 13.3. The Kier molecular flexibility index (Phi) is 4.62. The summed E-state index contributed by atoms with van der Waals surface area (Å²) < 4.78 is 7.73. The predicted molar refractivity (Wildman–Crippen MR) is 88.3 cm³/mol. The van der Waals surface area contributed by atoms with Crippen LogP contribution >= 0.6 is 0 Å². The summed E-state index contributed by atoms with van der Waals surface area (Å²) in [5, 5.41) is 7.65. The molecule has 0 saturated carbocycles. The molecular formula is C17H22N4O2. The highest BCUT2D eigenvalue weighted by molar-refractivity contribution is 5.94. The zero-order valence-corrected chi connectivity index (χ0v) is 13.3. The molecule has 0 bridgehead atoms. The fourth-order valence-corrected chi connectivity index (χ4v) is 2.96. The normalized spacial score (nSPS) is 17.3. The van der Waals surface area contributed by atoms with Gasteiger partial charge in [-0.25, -0.2) is 0 Å². The molecule has 122 valence electrons. The molecule has 2 heterocycles. The van der Waals surface area contributed by atoms with Gasteiger partial charge in [-0.2, -0.15) is 5.10 Å². The standard InChI is InChI=1S/C17H22N4O2/c1-21-15(6-9-20-21)14-11-12(17(18)22)4-5-16(14)23-10-7-13-3-2-8-19-13/h4-6,9,11,13,19H,2-3,7-8,10H2,1H3,(H2,18,22). The average molecular weight is 314 g/mol. The molecule has 1 aromatic heterocycles. The van der Waals surface area contributed by atoms with Gasteiger partial charge in [0.05, 0.1) is 12.3 Å². The highest BCUT2D eigenvalue weighted by Crippen LogP contribution is 2.31. The lowest BCUT2D eigenvalue weighted by Crippen LogP contribution is -2.23. The van der Waals surface area contributed by atoms with Crippen LogP contribution in [0.1, 0.15) is 29.6 Å². The summed E-state index contributed by atoms with van der Waals surface area (Å²) in [6.45, 7) is 1.73. The van der Waals surface area contributed by atoms with E-state index in [9.17, 15) is 4.79 Å². The van der Waals surface area contributed by atoms with Crippen LogP contribution in [0.5, 0.6) is 5.75 Å². The number of hydrogen-bond donors (Lipinski definition) is 2. The highest BCUT2D eigenvalue weighted by atomic mass is 16.5. The predicted octanol–water partition coefficient (Wildman–Crippen LogP) is 1.71. The number of benzene rings is 1. The van der Waals surface area contributed by atoms with Crippen molar-refractivity contribution in [2.45, 2.75) is 25.3 Å². The number of carbonyl (C=O) groups is 1. The van der Waals surface area contributed by atoms with E-state index < -0.39 is 5.91 Å². The Hall–Kier alpha value is -2.34. The van der Waals surface area contributed by atoms with Crippen molar-refractivity contribution in [1.29, 1.82) is 0 Å². The van der Waals surface area contributed by atoms with Gasteiger partial charge < -0.3 is 15.8 Å². The van der Waals surface area contributed by atoms with Gasteiger partial charge in [-0.1, -0.05) is 0 Å². The lowest BCUT2D eigenvalue weighted by molar-refractivity contribution is 0.100. The van der Waals surface area contributed by atoms with Gasteiger partial charge in [0.25, 0.3) is 0 Å². The molecule has 1 saturated heterocycles. The van der Waals surface area contributed by atoms with Crippen LogP contribution in [-0.4, -0.2) is 34.9 Å². The maximum Gasteiger partial charge on any atom is 0.248 e. The smallest absolute Gasteiger partial charge is 0.248 e. The van der Waals surface area contributed by atoms with E-state index in [1.54, 1.807) is 23.0 Å². The van der Waals surface area contributed by atoms with Gasteiger partial charge in [0, 0.05) is 30.4 Å². The van der Waals surface area contributed by atoms with Crippen molar-refractivity contribution in [2.75, 3.05) is 13.2 Å². The summed E-state index contributed by atoms with van der Waals surface area (Å²) >= 11 is 0. The second kappa shape index (κ2) is 6.83. The highest BCUT2D eigenvalue weighted by Gasteiger charge is 2.16. The van der Waals surface area contributed by atoms with E-state index in [0.717, 1.165) is 30.0 Å². The minimum atomic E-state index is -0.449. The molecule has 1 aromatic carbocycles. The summed E-state index contributed by atoms with van der Waals surface area (Å²) in [6.07, 6.45) is 5.14. The van der Waals surface area contributed by atoms with E-state index in [1.165, 1.54) is 12.8 Å². The number of nitrogens with one attached hydrogen (secondary N) is 1. The first kappa shape index (κ1) is 15.6. The lowest BCUT2D eigenvalue weighted by atomic mass is 10.1. The number of hydrogen-bond acceptors (Lipinski definition) is 4. The van der Waals surface area contributed by atoms with Gasteiger partial charge in [0.15, 0.2) is 0 Å². The minimum Gasteiger partial charge on any atom is -0.493 e. The molecule has 2 aromatic rings. The van der Waals surface area contributed by atoms with Crippen LogP contribution in [0.25, 0.3) is 11.3 Å². The summed E-state index contributed by atoms with van der Waals surface area (Å²) in [7, 11) is 1.86. The second-order valence-corrected chi connectivity index (χ2v) is 5.85. The molecule has 1 fully saturated rings. The number of aromatic nitrogens is 2. The number of carbonyl (C=O) groups excluding carboxylic acids is 1. The molecule has 0 radical (unpaired) electrons. The van der Waals surface area contributed by atoms with Crippen LogP contribution in [0.4, 0.5) is 0 Å². The molecule has 6 nitrogen and oxygen atoms in total. The molecule has 23 heavy (non-hydrogen) atoms. The fraction of sp³-hybridized carbons (Fsp3) is 0.412. The second-order valence-electron chi connectivity index (χ2n) is 5.85. The molecule has 0 aliphatic carbocycles. The monoisotopic (exact) mass is 314 g/mol. The van der Waals surface area contributed by atoms with Crippen molar-refractivity contribution in [2.24, 2.45) is 12.8 Å². The van der Waals surface area contributed by atoms with Crippen LogP contribution in [0.15, 0.2) is 30.5 Å². The van der Waals surface area contributed by atoms with Crippen LogP contribution in [0.2, 0.25) is 0 Å². The molecule has 1 unspecified atom stereocenters. The van der Waals surface area contributed by atoms with Gasteiger partial charge in [-0.15, -0.1) is 0 Å². The summed E-state index contributed by atoms with van der Waals surface area (Å²) in [5.41, 5.74) is 7.59. The maximum atomic E-state index is 11.5.